The number of Topliss-reactive ketones (excluding diaryl/α,β-unsaturated/α-hetero) is 1. The van der Waals surface area contributed by atoms with Gasteiger partial charge in [-0.15, -0.1) is 0 Å². The molecule has 106 valence electrons. The van der Waals surface area contributed by atoms with E-state index in [0.29, 0.717) is 12.5 Å². The van der Waals surface area contributed by atoms with Crippen LogP contribution in [0.3, 0.4) is 0 Å². The van der Waals surface area contributed by atoms with Gasteiger partial charge in [0.15, 0.2) is 5.78 Å². The van der Waals surface area contributed by atoms with Crippen molar-refractivity contribution in [3.8, 4) is 5.75 Å². The van der Waals surface area contributed by atoms with E-state index in [1.807, 2.05) is 32.0 Å². The molecule has 0 aromatic heterocycles. The Balaban J connectivity index is 3.14. The summed E-state index contributed by atoms with van der Waals surface area (Å²) in [5, 5.41) is 0. The van der Waals surface area contributed by atoms with Gasteiger partial charge in [-0.3, -0.25) is 4.79 Å². The third-order valence-corrected chi connectivity index (χ3v) is 3.53. The summed E-state index contributed by atoms with van der Waals surface area (Å²) in [5.74, 6) is 1.41. The number of benzene rings is 1. The summed E-state index contributed by atoms with van der Waals surface area (Å²) in [5.41, 5.74) is 7.51. The molecule has 0 saturated carbocycles. The molecular formula is C16H25NO2. The van der Waals surface area contributed by atoms with Crippen molar-refractivity contribution in [1.82, 2.24) is 0 Å². The van der Waals surface area contributed by atoms with Crippen molar-refractivity contribution in [1.29, 1.82) is 0 Å². The predicted molar refractivity (Wildman–Crippen MR) is 78.8 cm³/mol. The molecule has 3 heteroatoms. The normalized spacial score (nSPS) is 12.8. The lowest BCUT2D eigenvalue weighted by Gasteiger charge is -2.19. The number of hydrogen-bond donors (Lipinski definition) is 1. The van der Waals surface area contributed by atoms with Gasteiger partial charge in [0.1, 0.15) is 5.75 Å². The van der Waals surface area contributed by atoms with Crippen LogP contribution in [0.4, 0.5) is 0 Å². The van der Waals surface area contributed by atoms with Crippen molar-refractivity contribution in [2.75, 3.05) is 13.7 Å². The first-order valence-corrected chi connectivity index (χ1v) is 6.84. The molecule has 0 aliphatic heterocycles. The molecule has 0 aliphatic carbocycles. The van der Waals surface area contributed by atoms with Gasteiger partial charge in [0.25, 0.3) is 0 Å². The highest BCUT2D eigenvalue weighted by atomic mass is 16.5. The lowest BCUT2D eigenvalue weighted by molar-refractivity contribution is 0.0892. The fourth-order valence-electron chi connectivity index (χ4n) is 2.23. The summed E-state index contributed by atoms with van der Waals surface area (Å²) in [6.07, 6.45) is 0. The minimum absolute atomic E-state index is 0.117. The zero-order valence-corrected chi connectivity index (χ0v) is 12.6. The van der Waals surface area contributed by atoms with Gasteiger partial charge in [0.2, 0.25) is 0 Å². The second-order valence-corrected chi connectivity index (χ2v) is 5.56. The summed E-state index contributed by atoms with van der Waals surface area (Å²) in [7, 11) is 1.65. The molecule has 0 radical (unpaired) electrons. The Morgan fingerprint density at radius 2 is 1.89 bits per heavy atom. The van der Waals surface area contributed by atoms with Gasteiger partial charge in [0.05, 0.1) is 7.11 Å². The quantitative estimate of drug-likeness (QED) is 0.802. The number of nitrogens with two attached hydrogens (primary N) is 1. The summed E-state index contributed by atoms with van der Waals surface area (Å²) in [4.78, 5) is 12.5. The molecule has 1 aromatic carbocycles. The van der Waals surface area contributed by atoms with Crippen molar-refractivity contribution in [2.24, 2.45) is 17.6 Å². The second-order valence-electron chi connectivity index (χ2n) is 5.56. The van der Waals surface area contributed by atoms with Crippen LogP contribution in [-0.2, 0) is 0 Å². The van der Waals surface area contributed by atoms with E-state index in [2.05, 4.69) is 13.8 Å². The number of methoxy groups -OCH3 is 1. The Labute approximate surface area is 116 Å². The highest BCUT2D eigenvalue weighted by molar-refractivity contribution is 5.98. The summed E-state index contributed by atoms with van der Waals surface area (Å²) in [6.45, 7) is 8.63. The van der Waals surface area contributed by atoms with Gasteiger partial charge < -0.3 is 10.5 Å². The van der Waals surface area contributed by atoms with E-state index in [9.17, 15) is 4.79 Å². The highest BCUT2D eigenvalue weighted by Crippen LogP contribution is 2.28. The third kappa shape index (κ3) is 3.57. The second kappa shape index (κ2) is 6.71. The molecular weight excluding hydrogens is 238 g/mol. The van der Waals surface area contributed by atoms with Gasteiger partial charge in [-0.1, -0.05) is 27.7 Å². The summed E-state index contributed by atoms with van der Waals surface area (Å²) in [6, 6.07) is 5.64. The lowest BCUT2D eigenvalue weighted by Crippen LogP contribution is -2.28. The van der Waals surface area contributed by atoms with E-state index in [-0.39, 0.29) is 17.6 Å². The van der Waals surface area contributed by atoms with Crippen molar-refractivity contribution in [3.05, 3.63) is 29.3 Å². The van der Waals surface area contributed by atoms with Gasteiger partial charge >= 0.3 is 0 Å². The molecule has 2 N–H and O–H groups in total. The van der Waals surface area contributed by atoms with Crippen LogP contribution in [0.5, 0.6) is 5.75 Å². The zero-order valence-electron chi connectivity index (χ0n) is 12.6. The minimum Gasteiger partial charge on any atom is -0.496 e. The Kier molecular flexibility index (Phi) is 5.55. The van der Waals surface area contributed by atoms with E-state index < -0.39 is 0 Å². The first kappa shape index (κ1) is 15.7. The van der Waals surface area contributed by atoms with E-state index in [4.69, 9.17) is 10.5 Å². The summed E-state index contributed by atoms with van der Waals surface area (Å²) < 4.78 is 5.34. The van der Waals surface area contributed by atoms with Gasteiger partial charge in [0, 0.05) is 18.0 Å². The molecule has 0 bridgehead atoms. The average Bonchev–Trinajstić information content (AvgIpc) is 2.38. The SMILES string of the molecule is COc1ccc(C(=O)C(CN)C(C)C)cc1C(C)C. The molecule has 19 heavy (non-hydrogen) atoms. The lowest BCUT2D eigenvalue weighted by atomic mass is 9.86. The predicted octanol–water partition coefficient (Wildman–Crippen LogP) is 3.23. The van der Waals surface area contributed by atoms with E-state index in [1.165, 1.54) is 0 Å². The number of ether oxygens (including phenoxy) is 1. The maximum atomic E-state index is 12.5. The van der Waals surface area contributed by atoms with Crippen molar-refractivity contribution < 1.29 is 9.53 Å². The molecule has 0 aliphatic rings. The molecule has 0 heterocycles. The van der Waals surface area contributed by atoms with Gasteiger partial charge in [-0.2, -0.15) is 0 Å². The molecule has 0 saturated heterocycles. The highest BCUT2D eigenvalue weighted by Gasteiger charge is 2.23. The molecule has 1 rings (SSSR count). The third-order valence-electron chi connectivity index (χ3n) is 3.53. The number of hydrogen-bond acceptors (Lipinski definition) is 3. The smallest absolute Gasteiger partial charge is 0.167 e. The van der Waals surface area contributed by atoms with Crippen molar-refractivity contribution in [3.63, 3.8) is 0 Å². The van der Waals surface area contributed by atoms with Crippen LogP contribution in [0.1, 0.15) is 49.5 Å². The maximum Gasteiger partial charge on any atom is 0.167 e. The Bertz CT molecular complexity index is 438. The minimum atomic E-state index is -0.117. The van der Waals surface area contributed by atoms with Crippen molar-refractivity contribution >= 4 is 5.78 Å². The van der Waals surface area contributed by atoms with Crippen LogP contribution >= 0.6 is 0 Å². The molecule has 0 fully saturated rings. The molecule has 0 spiro atoms. The fraction of sp³-hybridized carbons (Fsp3) is 0.562. The van der Waals surface area contributed by atoms with E-state index in [1.54, 1.807) is 7.11 Å². The van der Waals surface area contributed by atoms with Crippen LogP contribution < -0.4 is 10.5 Å². The monoisotopic (exact) mass is 263 g/mol. The van der Waals surface area contributed by atoms with Crippen LogP contribution in [0.2, 0.25) is 0 Å². The average molecular weight is 263 g/mol. The molecule has 1 unspecified atom stereocenters. The standard InChI is InChI=1S/C16H25NO2/c1-10(2)13-8-12(6-7-15(13)19-5)16(18)14(9-17)11(3)4/h6-8,10-11,14H,9,17H2,1-5H3. The van der Waals surface area contributed by atoms with Crippen LogP contribution in [0.25, 0.3) is 0 Å². The van der Waals surface area contributed by atoms with Gasteiger partial charge in [-0.05, 0) is 35.6 Å². The van der Waals surface area contributed by atoms with E-state index in [0.717, 1.165) is 16.9 Å². The molecule has 3 nitrogen and oxygen atoms in total. The van der Waals surface area contributed by atoms with Crippen LogP contribution in [0.15, 0.2) is 18.2 Å². The Morgan fingerprint density at radius 3 is 2.32 bits per heavy atom. The fourth-order valence-corrected chi connectivity index (χ4v) is 2.23. The zero-order chi connectivity index (χ0) is 14.6. The van der Waals surface area contributed by atoms with Crippen LogP contribution in [0, 0.1) is 11.8 Å². The Morgan fingerprint density at radius 1 is 1.26 bits per heavy atom. The largest absolute Gasteiger partial charge is 0.496 e. The van der Waals surface area contributed by atoms with Gasteiger partial charge in [-0.25, -0.2) is 0 Å². The topological polar surface area (TPSA) is 52.3 Å². The number of ketones is 1. The molecule has 1 atom stereocenters. The van der Waals surface area contributed by atoms with E-state index >= 15 is 0 Å². The van der Waals surface area contributed by atoms with Crippen LogP contribution in [-0.4, -0.2) is 19.4 Å². The number of carbonyl (C=O) groups excluding carboxylic acids is 1. The maximum absolute atomic E-state index is 12.5. The number of carbonyl (C=O) groups is 1. The van der Waals surface area contributed by atoms with Crippen molar-refractivity contribution in [2.45, 2.75) is 33.6 Å². The first-order valence-electron chi connectivity index (χ1n) is 6.84. The first-order chi connectivity index (χ1) is 8.92. The Hall–Kier alpha value is -1.35. The molecule has 1 aromatic rings. The molecule has 0 amide bonds. The summed E-state index contributed by atoms with van der Waals surface area (Å²) >= 11 is 0. The number of rotatable bonds is 6.